The predicted octanol–water partition coefficient (Wildman–Crippen LogP) is 2.06. The number of ether oxygens (including phenoxy) is 1. The van der Waals surface area contributed by atoms with Crippen molar-refractivity contribution in [3.05, 3.63) is 60.2 Å². The zero-order chi connectivity index (χ0) is 23.7. The molecule has 0 fully saturated rings. The van der Waals surface area contributed by atoms with E-state index in [4.69, 9.17) is 4.74 Å². The number of amides is 2. The molecule has 0 aliphatic rings. The van der Waals surface area contributed by atoms with E-state index in [0.29, 0.717) is 24.4 Å². The van der Waals surface area contributed by atoms with Crippen LogP contribution in [0, 0.1) is 0 Å². The molecular weight excluding hydrogens is 430 g/mol. The minimum atomic E-state index is -3.74. The first-order valence-electron chi connectivity index (χ1n) is 10.4. The molecule has 0 spiro atoms. The minimum Gasteiger partial charge on any atom is -0.497 e. The Morgan fingerprint density at radius 2 is 1.69 bits per heavy atom. The quantitative estimate of drug-likeness (QED) is 0.553. The van der Waals surface area contributed by atoms with Gasteiger partial charge in [0, 0.05) is 13.1 Å². The normalized spacial score (nSPS) is 12.0. The summed E-state index contributed by atoms with van der Waals surface area (Å²) in [4.78, 5) is 27.2. The first-order valence-corrected chi connectivity index (χ1v) is 12.2. The van der Waals surface area contributed by atoms with Gasteiger partial charge >= 0.3 is 0 Å². The standard InChI is InChI=1S/C23H31N3O5S/c1-5-24-23(28)18(2)25(16-15-19-9-7-6-8-10-19)22(27)17-26(32(4,29)30)20-11-13-21(31-3)14-12-20/h6-14,18H,5,15-17H2,1-4H3,(H,24,28). The third-order valence-electron chi connectivity index (χ3n) is 5.04. The van der Waals surface area contributed by atoms with Crippen molar-refractivity contribution in [3.8, 4) is 5.75 Å². The van der Waals surface area contributed by atoms with Gasteiger partial charge in [-0.3, -0.25) is 13.9 Å². The van der Waals surface area contributed by atoms with E-state index < -0.39 is 28.5 Å². The summed E-state index contributed by atoms with van der Waals surface area (Å²) in [6, 6.07) is 15.3. The molecule has 32 heavy (non-hydrogen) atoms. The van der Waals surface area contributed by atoms with Crippen molar-refractivity contribution in [2.45, 2.75) is 26.3 Å². The van der Waals surface area contributed by atoms with Gasteiger partial charge in [-0.1, -0.05) is 30.3 Å². The topological polar surface area (TPSA) is 96.0 Å². The molecule has 9 heteroatoms. The molecule has 0 aromatic heterocycles. The zero-order valence-corrected chi connectivity index (χ0v) is 19.8. The van der Waals surface area contributed by atoms with Crippen LogP contribution in [0.4, 0.5) is 5.69 Å². The van der Waals surface area contributed by atoms with E-state index in [2.05, 4.69) is 5.32 Å². The number of hydrogen-bond donors (Lipinski definition) is 1. The first kappa shape index (κ1) is 25.2. The van der Waals surface area contributed by atoms with Gasteiger partial charge in [-0.05, 0) is 50.1 Å². The van der Waals surface area contributed by atoms with Crippen molar-refractivity contribution in [3.63, 3.8) is 0 Å². The van der Waals surface area contributed by atoms with Crippen LogP contribution in [-0.4, -0.2) is 64.2 Å². The number of nitrogens with zero attached hydrogens (tertiary/aromatic N) is 2. The summed E-state index contributed by atoms with van der Waals surface area (Å²) in [6.07, 6.45) is 1.59. The molecule has 0 saturated heterocycles. The first-order chi connectivity index (χ1) is 15.2. The van der Waals surface area contributed by atoms with Crippen LogP contribution in [0.3, 0.4) is 0 Å². The summed E-state index contributed by atoms with van der Waals surface area (Å²) < 4.78 is 31.1. The lowest BCUT2D eigenvalue weighted by atomic mass is 10.1. The molecule has 0 saturated carbocycles. The van der Waals surface area contributed by atoms with Crippen molar-refractivity contribution >= 4 is 27.5 Å². The summed E-state index contributed by atoms with van der Waals surface area (Å²) in [5, 5.41) is 2.73. The molecule has 1 unspecified atom stereocenters. The predicted molar refractivity (Wildman–Crippen MR) is 125 cm³/mol. The van der Waals surface area contributed by atoms with E-state index in [-0.39, 0.29) is 12.5 Å². The third-order valence-corrected chi connectivity index (χ3v) is 6.18. The highest BCUT2D eigenvalue weighted by Crippen LogP contribution is 2.22. The molecule has 0 aliphatic carbocycles. The van der Waals surface area contributed by atoms with Gasteiger partial charge in [-0.25, -0.2) is 8.42 Å². The van der Waals surface area contributed by atoms with E-state index in [1.54, 1.807) is 38.1 Å². The number of sulfonamides is 1. The Balaban J connectivity index is 2.28. The van der Waals surface area contributed by atoms with Crippen LogP contribution in [0.2, 0.25) is 0 Å². The summed E-state index contributed by atoms with van der Waals surface area (Å²) in [6.45, 7) is 3.75. The molecular formula is C23H31N3O5S. The lowest BCUT2D eigenvalue weighted by molar-refractivity contribution is -0.138. The smallest absolute Gasteiger partial charge is 0.244 e. The highest BCUT2D eigenvalue weighted by atomic mass is 32.2. The Hall–Kier alpha value is -3.07. The van der Waals surface area contributed by atoms with E-state index in [9.17, 15) is 18.0 Å². The van der Waals surface area contributed by atoms with Crippen LogP contribution in [0.1, 0.15) is 19.4 Å². The highest BCUT2D eigenvalue weighted by Gasteiger charge is 2.29. The number of anilines is 1. The maximum absolute atomic E-state index is 13.3. The third kappa shape index (κ3) is 6.98. The van der Waals surface area contributed by atoms with Crippen LogP contribution in [0.5, 0.6) is 5.75 Å². The summed E-state index contributed by atoms with van der Waals surface area (Å²) in [7, 11) is -2.23. The molecule has 1 N–H and O–H groups in total. The molecule has 0 bridgehead atoms. The van der Waals surface area contributed by atoms with Gasteiger partial charge in [0.1, 0.15) is 18.3 Å². The van der Waals surface area contributed by atoms with Crippen molar-refractivity contribution in [2.75, 3.05) is 37.3 Å². The molecule has 0 aliphatic heterocycles. The van der Waals surface area contributed by atoms with Crippen molar-refractivity contribution in [1.82, 2.24) is 10.2 Å². The summed E-state index contributed by atoms with van der Waals surface area (Å²) in [5.74, 6) is -0.173. The van der Waals surface area contributed by atoms with E-state index in [0.717, 1.165) is 16.1 Å². The Morgan fingerprint density at radius 1 is 1.06 bits per heavy atom. The van der Waals surface area contributed by atoms with Crippen LogP contribution in [0.25, 0.3) is 0 Å². The second-order valence-electron chi connectivity index (χ2n) is 7.36. The van der Waals surface area contributed by atoms with E-state index in [1.165, 1.54) is 12.0 Å². The van der Waals surface area contributed by atoms with Gasteiger partial charge in [-0.15, -0.1) is 0 Å². The van der Waals surface area contributed by atoms with Crippen LogP contribution in [0.15, 0.2) is 54.6 Å². The molecule has 174 valence electrons. The molecule has 1 atom stereocenters. The Bertz CT molecular complexity index is 994. The Labute approximate surface area is 190 Å². The SMILES string of the molecule is CCNC(=O)C(C)N(CCc1ccccc1)C(=O)CN(c1ccc(OC)cc1)S(C)(=O)=O. The fraction of sp³-hybridized carbons (Fsp3) is 0.391. The van der Waals surface area contributed by atoms with Gasteiger partial charge in [0.25, 0.3) is 0 Å². The van der Waals surface area contributed by atoms with Gasteiger partial charge in [0.05, 0.1) is 19.1 Å². The fourth-order valence-electron chi connectivity index (χ4n) is 3.25. The zero-order valence-electron chi connectivity index (χ0n) is 18.9. The van der Waals surface area contributed by atoms with Crippen molar-refractivity contribution < 1.29 is 22.7 Å². The number of methoxy groups -OCH3 is 1. The second kappa shape index (κ2) is 11.5. The lowest BCUT2D eigenvalue weighted by Crippen LogP contribution is -2.52. The van der Waals surface area contributed by atoms with Gasteiger partial charge in [-0.2, -0.15) is 0 Å². The lowest BCUT2D eigenvalue weighted by Gasteiger charge is -2.31. The van der Waals surface area contributed by atoms with Crippen LogP contribution in [-0.2, 0) is 26.0 Å². The molecule has 2 aromatic rings. The summed E-state index contributed by atoms with van der Waals surface area (Å²) >= 11 is 0. The molecule has 2 rings (SSSR count). The molecule has 0 radical (unpaired) electrons. The average molecular weight is 462 g/mol. The summed E-state index contributed by atoms with van der Waals surface area (Å²) in [5.41, 5.74) is 1.36. The average Bonchev–Trinajstić information content (AvgIpc) is 2.77. The number of nitrogens with one attached hydrogen (secondary N) is 1. The number of benzene rings is 2. The monoisotopic (exact) mass is 461 g/mol. The highest BCUT2D eigenvalue weighted by molar-refractivity contribution is 7.92. The largest absolute Gasteiger partial charge is 0.497 e. The second-order valence-corrected chi connectivity index (χ2v) is 9.27. The fourth-order valence-corrected chi connectivity index (χ4v) is 4.10. The van der Waals surface area contributed by atoms with Crippen LogP contribution >= 0.6 is 0 Å². The number of hydrogen-bond acceptors (Lipinski definition) is 5. The molecule has 0 heterocycles. The molecule has 2 aromatic carbocycles. The maximum atomic E-state index is 13.3. The molecule has 8 nitrogen and oxygen atoms in total. The van der Waals surface area contributed by atoms with Crippen molar-refractivity contribution in [2.24, 2.45) is 0 Å². The number of rotatable bonds is 11. The van der Waals surface area contributed by atoms with Gasteiger partial charge in [0.15, 0.2) is 0 Å². The number of carbonyl (C=O) groups excluding carboxylic acids is 2. The van der Waals surface area contributed by atoms with E-state index >= 15 is 0 Å². The Kier molecular flexibility index (Phi) is 9.07. The number of likely N-dealkylation sites (N-methyl/N-ethyl adjacent to an activating group) is 1. The number of carbonyl (C=O) groups is 2. The molecule has 2 amide bonds. The minimum absolute atomic E-state index is 0.279. The van der Waals surface area contributed by atoms with E-state index in [1.807, 2.05) is 30.3 Å². The maximum Gasteiger partial charge on any atom is 0.244 e. The van der Waals surface area contributed by atoms with Crippen LogP contribution < -0.4 is 14.4 Å². The Morgan fingerprint density at radius 3 is 2.22 bits per heavy atom. The van der Waals surface area contributed by atoms with Gasteiger partial charge < -0.3 is 15.0 Å². The van der Waals surface area contributed by atoms with Gasteiger partial charge in [0.2, 0.25) is 21.8 Å². The van der Waals surface area contributed by atoms with Crippen molar-refractivity contribution in [1.29, 1.82) is 0 Å².